The molecule has 7 heteroatoms. The number of amides is 1. The van der Waals surface area contributed by atoms with Gasteiger partial charge in [-0.15, -0.1) is 0 Å². The van der Waals surface area contributed by atoms with Crippen molar-refractivity contribution < 1.29 is 4.79 Å². The van der Waals surface area contributed by atoms with Crippen molar-refractivity contribution in [2.75, 3.05) is 7.05 Å². The molecule has 0 N–H and O–H groups in total. The van der Waals surface area contributed by atoms with E-state index in [1.807, 2.05) is 18.2 Å². The van der Waals surface area contributed by atoms with Crippen LogP contribution in [0.3, 0.4) is 0 Å². The van der Waals surface area contributed by atoms with E-state index in [9.17, 15) is 4.79 Å². The number of halogens is 3. The standard InChI is InChI=1S/C20H18Cl3N3O/c1-25(20(27)15-8-13(21)4-6-16(15)23)11-19-24-17-7-5-14(22)9-18(17)26(19)10-12-2-3-12/h4-9,12H,2-3,10-11H2,1H3. The van der Waals surface area contributed by atoms with Gasteiger partial charge >= 0.3 is 0 Å². The molecule has 1 aliphatic carbocycles. The van der Waals surface area contributed by atoms with Gasteiger partial charge in [-0.25, -0.2) is 4.98 Å². The van der Waals surface area contributed by atoms with Gasteiger partial charge in [0, 0.05) is 23.6 Å². The van der Waals surface area contributed by atoms with Crippen LogP contribution in [0.1, 0.15) is 29.0 Å². The number of hydrogen-bond donors (Lipinski definition) is 0. The van der Waals surface area contributed by atoms with Gasteiger partial charge in [0.25, 0.3) is 5.91 Å². The van der Waals surface area contributed by atoms with Crippen molar-refractivity contribution in [1.29, 1.82) is 0 Å². The SMILES string of the molecule is CN(Cc1nc2ccc(Cl)cc2n1CC1CC1)C(=O)c1cc(Cl)ccc1Cl. The number of benzene rings is 2. The van der Waals surface area contributed by atoms with Gasteiger partial charge in [-0.2, -0.15) is 0 Å². The van der Waals surface area contributed by atoms with E-state index in [0.29, 0.717) is 33.1 Å². The molecular formula is C20H18Cl3N3O. The Morgan fingerprint density at radius 1 is 1.15 bits per heavy atom. The zero-order valence-electron chi connectivity index (χ0n) is 14.8. The topological polar surface area (TPSA) is 38.1 Å². The number of aromatic nitrogens is 2. The summed E-state index contributed by atoms with van der Waals surface area (Å²) in [7, 11) is 1.74. The van der Waals surface area contributed by atoms with Crippen molar-refractivity contribution in [3.05, 3.63) is 62.9 Å². The van der Waals surface area contributed by atoms with Crippen molar-refractivity contribution in [3.8, 4) is 0 Å². The lowest BCUT2D eigenvalue weighted by Crippen LogP contribution is -2.28. The highest BCUT2D eigenvalue weighted by molar-refractivity contribution is 6.35. The molecular weight excluding hydrogens is 405 g/mol. The molecule has 27 heavy (non-hydrogen) atoms. The molecule has 1 amide bonds. The Kier molecular flexibility index (Phi) is 5.06. The summed E-state index contributed by atoms with van der Waals surface area (Å²) in [6.45, 7) is 1.27. The Hall–Kier alpha value is -1.75. The highest BCUT2D eigenvalue weighted by Gasteiger charge is 2.25. The molecule has 0 saturated heterocycles. The number of imidazole rings is 1. The minimum absolute atomic E-state index is 0.189. The van der Waals surface area contributed by atoms with Crippen LogP contribution in [0.25, 0.3) is 11.0 Å². The van der Waals surface area contributed by atoms with E-state index in [1.54, 1.807) is 30.1 Å². The zero-order valence-corrected chi connectivity index (χ0v) is 17.0. The number of carbonyl (C=O) groups excluding carboxylic acids is 1. The van der Waals surface area contributed by atoms with E-state index in [1.165, 1.54) is 12.8 Å². The summed E-state index contributed by atoms with van der Waals surface area (Å²) in [5, 5.41) is 1.54. The lowest BCUT2D eigenvalue weighted by molar-refractivity contribution is 0.0780. The monoisotopic (exact) mass is 421 g/mol. The zero-order chi connectivity index (χ0) is 19.1. The molecule has 2 aromatic carbocycles. The first-order valence-electron chi connectivity index (χ1n) is 8.77. The Balaban J connectivity index is 1.65. The molecule has 0 bridgehead atoms. The van der Waals surface area contributed by atoms with Crippen LogP contribution in [-0.4, -0.2) is 27.4 Å². The molecule has 0 radical (unpaired) electrons. The fourth-order valence-corrected chi connectivity index (χ4v) is 3.72. The second-order valence-electron chi connectivity index (χ2n) is 7.00. The van der Waals surface area contributed by atoms with Gasteiger partial charge in [-0.1, -0.05) is 34.8 Å². The van der Waals surface area contributed by atoms with Gasteiger partial charge in [0.05, 0.1) is 28.2 Å². The average molecular weight is 423 g/mol. The van der Waals surface area contributed by atoms with Crippen LogP contribution in [0.2, 0.25) is 15.1 Å². The summed E-state index contributed by atoms with van der Waals surface area (Å²) in [4.78, 5) is 19.2. The summed E-state index contributed by atoms with van der Waals surface area (Å²) < 4.78 is 2.18. The van der Waals surface area contributed by atoms with Crippen LogP contribution >= 0.6 is 34.8 Å². The van der Waals surface area contributed by atoms with Gasteiger partial charge in [0.1, 0.15) is 5.82 Å². The lowest BCUT2D eigenvalue weighted by atomic mass is 10.2. The van der Waals surface area contributed by atoms with Gasteiger partial charge in [-0.3, -0.25) is 4.79 Å². The van der Waals surface area contributed by atoms with E-state index in [0.717, 1.165) is 23.4 Å². The Bertz CT molecular complexity index is 1030. The predicted octanol–water partition coefficient (Wildman–Crippen LogP) is 5.68. The fraction of sp³-hybridized carbons (Fsp3) is 0.300. The Morgan fingerprint density at radius 2 is 1.85 bits per heavy atom. The summed E-state index contributed by atoms with van der Waals surface area (Å²) in [6, 6.07) is 10.6. The lowest BCUT2D eigenvalue weighted by Gasteiger charge is -2.19. The maximum Gasteiger partial charge on any atom is 0.255 e. The van der Waals surface area contributed by atoms with Crippen molar-refractivity contribution in [3.63, 3.8) is 0 Å². The quantitative estimate of drug-likeness (QED) is 0.530. The predicted molar refractivity (Wildman–Crippen MR) is 110 cm³/mol. The molecule has 140 valence electrons. The molecule has 1 aromatic heterocycles. The highest BCUT2D eigenvalue weighted by Crippen LogP contribution is 2.33. The summed E-state index contributed by atoms with van der Waals surface area (Å²) in [5.74, 6) is 1.32. The average Bonchev–Trinajstić information content (AvgIpc) is 3.40. The van der Waals surface area contributed by atoms with Gasteiger partial charge in [0.15, 0.2) is 0 Å². The first kappa shape index (κ1) is 18.6. The van der Waals surface area contributed by atoms with E-state index < -0.39 is 0 Å². The molecule has 3 aromatic rings. The number of carbonyl (C=O) groups is 1. The Labute approximate surface area is 172 Å². The van der Waals surface area contributed by atoms with E-state index in [-0.39, 0.29) is 5.91 Å². The van der Waals surface area contributed by atoms with Gasteiger partial charge in [-0.05, 0) is 55.2 Å². The maximum atomic E-state index is 12.9. The molecule has 1 heterocycles. The third-order valence-electron chi connectivity index (χ3n) is 4.81. The van der Waals surface area contributed by atoms with Crippen LogP contribution in [-0.2, 0) is 13.1 Å². The van der Waals surface area contributed by atoms with Crippen molar-refractivity contribution in [1.82, 2.24) is 14.5 Å². The minimum atomic E-state index is -0.189. The van der Waals surface area contributed by atoms with Gasteiger partial charge < -0.3 is 9.47 Å². The molecule has 1 saturated carbocycles. The van der Waals surface area contributed by atoms with Crippen molar-refractivity contribution in [2.45, 2.75) is 25.9 Å². The minimum Gasteiger partial charge on any atom is -0.334 e. The summed E-state index contributed by atoms with van der Waals surface area (Å²) in [6.07, 6.45) is 2.46. The van der Waals surface area contributed by atoms with E-state index in [4.69, 9.17) is 39.8 Å². The molecule has 0 unspecified atom stereocenters. The van der Waals surface area contributed by atoms with Crippen molar-refractivity contribution >= 4 is 51.7 Å². The third kappa shape index (κ3) is 3.93. The second-order valence-corrected chi connectivity index (χ2v) is 8.28. The fourth-order valence-electron chi connectivity index (χ4n) is 3.18. The molecule has 1 aliphatic rings. The molecule has 0 spiro atoms. The van der Waals surface area contributed by atoms with E-state index in [2.05, 4.69) is 4.57 Å². The van der Waals surface area contributed by atoms with Crippen LogP contribution < -0.4 is 0 Å². The highest BCUT2D eigenvalue weighted by atomic mass is 35.5. The number of rotatable bonds is 5. The molecule has 4 rings (SSSR count). The van der Waals surface area contributed by atoms with Crippen LogP contribution in [0.4, 0.5) is 0 Å². The number of hydrogen-bond acceptors (Lipinski definition) is 2. The second kappa shape index (κ2) is 7.34. The first-order valence-corrected chi connectivity index (χ1v) is 9.91. The van der Waals surface area contributed by atoms with E-state index >= 15 is 0 Å². The largest absolute Gasteiger partial charge is 0.334 e. The van der Waals surface area contributed by atoms with Crippen LogP contribution in [0, 0.1) is 5.92 Å². The number of nitrogens with zero attached hydrogens (tertiary/aromatic N) is 3. The van der Waals surface area contributed by atoms with Crippen LogP contribution in [0.5, 0.6) is 0 Å². The molecule has 1 fully saturated rings. The van der Waals surface area contributed by atoms with Gasteiger partial charge in [0.2, 0.25) is 0 Å². The first-order chi connectivity index (χ1) is 12.9. The normalized spacial score (nSPS) is 13.9. The molecule has 4 nitrogen and oxygen atoms in total. The molecule has 0 atom stereocenters. The number of fused-ring (bicyclic) bond motifs is 1. The van der Waals surface area contributed by atoms with Crippen molar-refractivity contribution in [2.24, 2.45) is 5.92 Å². The van der Waals surface area contributed by atoms with Crippen LogP contribution in [0.15, 0.2) is 36.4 Å². The maximum absolute atomic E-state index is 12.9. The third-order valence-corrected chi connectivity index (χ3v) is 5.61. The summed E-state index contributed by atoms with van der Waals surface area (Å²) >= 11 is 18.4. The molecule has 0 aliphatic heterocycles. The summed E-state index contributed by atoms with van der Waals surface area (Å²) in [5.41, 5.74) is 2.28. The smallest absolute Gasteiger partial charge is 0.255 e. The Morgan fingerprint density at radius 3 is 2.59 bits per heavy atom.